The maximum Gasteiger partial charge on any atom is 0.433 e. The lowest BCUT2D eigenvalue weighted by Crippen LogP contribution is -2.41. The first-order chi connectivity index (χ1) is 14.7. The summed E-state index contributed by atoms with van der Waals surface area (Å²) in [7, 11) is 0. The lowest BCUT2D eigenvalue weighted by molar-refractivity contribution is -0.140. The topological polar surface area (TPSA) is 69.8 Å². The van der Waals surface area contributed by atoms with Gasteiger partial charge >= 0.3 is 6.18 Å². The number of amides is 1. The van der Waals surface area contributed by atoms with Crippen LogP contribution in [0.5, 0.6) is 0 Å². The Morgan fingerprint density at radius 3 is 2.61 bits per heavy atom. The number of rotatable bonds is 4. The highest BCUT2D eigenvalue weighted by molar-refractivity contribution is 6.31. The third-order valence-corrected chi connectivity index (χ3v) is 5.79. The molecule has 0 bridgehead atoms. The molecule has 164 valence electrons. The molecule has 2 aromatic heterocycles. The minimum atomic E-state index is -4.56. The summed E-state index contributed by atoms with van der Waals surface area (Å²) in [5, 5.41) is 7.52. The van der Waals surface area contributed by atoms with Crippen LogP contribution in [-0.4, -0.2) is 28.0 Å². The molecule has 3 aromatic rings. The van der Waals surface area contributed by atoms with Gasteiger partial charge in [0, 0.05) is 34.4 Å². The molecule has 0 saturated heterocycles. The first-order valence-electron chi connectivity index (χ1n) is 9.78. The van der Waals surface area contributed by atoms with Crippen LogP contribution in [0.1, 0.15) is 41.7 Å². The second-order valence-corrected chi connectivity index (χ2v) is 8.47. The van der Waals surface area contributed by atoms with Crippen LogP contribution in [0, 0.1) is 0 Å². The van der Waals surface area contributed by atoms with Crippen LogP contribution in [0.15, 0.2) is 36.5 Å². The fourth-order valence-corrected chi connectivity index (χ4v) is 4.25. The van der Waals surface area contributed by atoms with Gasteiger partial charge in [0.15, 0.2) is 0 Å². The van der Waals surface area contributed by atoms with Crippen molar-refractivity contribution in [2.24, 2.45) is 0 Å². The fourth-order valence-electron chi connectivity index (χ4n) is 3.90. The molecular formula is C21H19Cl2F3N4O. The van der Waals surface area contributed by atoms with Crippen molar-refractivity contribution in [2.75, 3.05) is 5.32 Å². The number of hydrogen-bond donors (Lipinski definition) is 3. The normalized spacial score (nSPS) is 19.4. The molecule has 1 aliphatic carbocycles. The number of nitrogens with one attached hydrogen (secondary N) is 3. The van der Waals surface area contributed by atoms with Crippen molar-refractivity contribution < 1.29 is 18.0 Å². The van der Waals surface area contributed by atoms with Gasteiger partial charge in [-0.05, 0) is 56.0 Å². The summed E-state index contributed by atoms with van der Waals surface area (Å²) in [6.07, 6.45) is -0.0676. The molecule has 3 N–H and O–H groups in total. The first kappa shape index (κ1) is 21.8. The second kappa shape index (κ2) is 8.59. The lowest BCUT2D eigenvalue weighted by Gasteiger charge is -2.31. The van der Waals surface area contributed by atoms with Gasteiger partial charge in [0.2, 0.25) is 0 Å². The highest BCUT2D eigenvalue weighted by atomic mass is 35.5. The maximum atomic E-state index is 13.3. The van der Waals surface area contributed by atoms with Crippen LogP contribution in [0.25, 0.3) is 10.9 Å². The average molecular weight is 471 g/mol. The van der Waals surface area contributed by atoms with Crippen molar-refractivity contribution in [1.29, 1.82) is 0 Å². The summed E-state index contributed by atoms with van der Waals surface area (Å²) in [5.74, 6) is -0.241. The molecule has 1 fully saturated rings. The van der Waals surface area contributed by atoms with Crippen molar-refractivity contribution in [3.63, 3.8) is 0 Å². The molecule has 1 aromatic carbocycles. The number of halogens is 5. The standard InChI is InChI=1S/C21H19Cl2F3N4O/c22-12-4-5-16-15(7-12)17(9-18(30-16)21(24,25)26)28-13-2-1-3-14(8-13)29-20(31)11-6-19(23)27-10-11/h4-7,9-10,13-14,27H,1-3,8H2,(H,28,30)(H,29,31)/t13-,14+/m0/s1. The molecule has 0 aliphatic heterocycles. The monoisotopic (exact) mass is 470 g/mol. The molecule has 2 heterocycles. The van der Waals surface area contributed by atoms with E-state index in [0.29, 0.717) is 33.2 Å². The van der Waals surface area contributed by atoms with Crippen LogP contribution in [0.3, 0.4) is 0 Å². The number of fused-ring (bicyclic) bond motifs is 1. The number of alkyl halides is 3. The van der Waals surface area contributed by atoms with E-state index in [4.69, 9.17) is 23.2 Å². The van der Waals surface area contributed by atoms with E-state index in [9.17, 15) is 18.0 Å². The molecular weight excluding hydrogens is 452 g/mol. The summed E-state index contributed by atoms with van der Waals surface area (Å²) >= 11 is 11.9. The van der Waals surface area contributed by atoms with Gasteiger partial charge in [-0.2, -0.15) is 13.2 Å². The van der Waals surface area contributed by atoms with Gasteiger partial charge in [-0.3, -0.25) is 4.79 Å². The zero-order chi connectivity index (χ0) is 22.2. The van der Waals surface area contributed by atoms with Crippen LogP contribution >= 0.6 is 23.2 Å². The van der Waals surface area contributed by atoms with Gasteiger partial charge < -0.3 is 15.6 Å². The van der Waals surface area contributed by atoms with Crippen LogP contribution in [0.2, 0.25) is 10.2 Å². The molecule has 10 heteroatoms. The van der Waals surface area contributed by atoms with Crippen LogP contribution in [0.4, 0.5) is 18.9 Å². The molecule has 1 aliphatic rings. The molecule has 31 heavy (non-hydrogen) atoms. The largest absolute Gasteiger partial charge is 0.433 e. The SMILES string of the molecule is O=C(N[C@@H]1CCC[C@H](Nc2cc(C(F)(F)F)nc3ccc(Cl)cc23)C1)c1c[nH]c(Cl)c1. The molecule has 4 rings (SSSR count). The maximum absolute atomic E-state index is 13.3. The Labute approximate surface area is 186 Å². The van der Waals surface area contributed by atoms with E-state index in [1.807, 2.05) is 0 Å². The van der Waals surface area contributed by atoms with Gasteiger partial charge in [-0.1, -0.05) is 23.2 Å². The predicted octanol–water partition coefficient (Wildman–Crippen LogP) is 6.04. The summed E-state index contributed by atoms with van der Waals surface area (Å²) in [6.45, 7) is 0. The lowest BCUT2D eigenvalue weighted by atomic mass is 9.90. The molecule has 1 saturated carbocycles. The number of aromatic nitrogens is 2. The van der Waals surface area contributed by atoms with E-state index in [1.54, 1.807) is 12.1 Å². The van der Waals surface area contributed by atoms with Gasteiger partial charge in [0.1, 0.15) is 10.8 Å². The quantitative estimate of drug-likeness (QED) is 0.435. The number of carbonyl (C=O) groups is 1. The number of pyridine rings is 1. The first-order valence-corrected chi connectivity index (χ1v) is 10.5. The summed E-state index contributed by atoms with van der Waals surface area (Å²) in [5.41, 5.74) is 0.0143. The van der Waals surface area contributed by atoms with Crippen molar-refractivity contribution in [1.82, 2.24) is 15.3 Å². The Morgan fingerprint density at radius 1 is 1.13 bits per heavy atom. The van der Waals surface area contributed by atoms with E-state index >= 15 is 0 Å². The number of nitrogens with zero attached hydrogens (tertiary/aromatic N) is 1. The molecule has 1 amide bonds. The van der Waals surface area contributed by atoms with E-state index in [0.717, 1.165) is 25.3 Å². The number of anilines is 1. The Kier molecular flexibility index (Phi) is 6.03. The van der Waals surface area contributed by atoms with Crippen LogP contribution in [-0.2, 0) is 6.18 Å². The Bertz CT molecular complexity index is 1120. The van der Waals surface area contributed by atoms with Crippen molar-refractivity contribution >= 4 is 45.7 Å². The third kappa shape index (κ3) is 5.07. The molecule has 0 radical (unpaired) electrons. The summed E-state index contributed by atoms with van der Waals surface area (Å²) in [6, 6.07) is 6.93. The second-order valence-electron chi connectivity index (χ2n) is 7.63. The predicted molar refractivity (Wildman–Crippen MR) is 115 cm³/mol. The van der Waals surface area contributed by atoms with Gasteiger partial charge in [0.25, 0.3) is 5.91 Å². The zero-order valence-corrected chi connectivity index (χ0v) is 17.7. The minimum Gasteiger partial charge on any atom is -0.382 e. The summed E-state index contributed by atoms with van der Waals surface area (Å²) in [4.78, 5) is 18.9. The minimum absolute atomic E-state index is 0.105. The van der Waals surface area contributed by atoms with E-state index in [2.05, 4.69) is 20.6 Å². The number of carbonyl (C=O) groups excluding carboxylic acids is 1. The molecule has 2 atom stereocenters. The highest BCUT2D eigenvalue weighted by Crippen LogP contribution is 2.35. The Balaban J connectivity index is 1.54. The van der Waals surface area contributed by atoms with E-state index in [1.165, 1.54) is 18.3 Å². The Morgan fingerprint density at radius 2 is 1.90 bits per heavy atom. The average Bonchev–Trinajstić information content (AvgIpc) is 3.14. The number of hydrogen-bond acceptors (Lipinski definition) is 3. The molecule has 0 spiro atoms. The third-order valence-electron chi connectivity index (χ3n) is 5.34. The van der Waals surface area contributed by atoms with E-state index in [-0.39, 0.29) is 23.5 Å². The molecule has 0 unspecified atom stereocenters. The number of H-pyrrole nitrogens is 1. The number of benzene rings is 1. The molecule has 5 nitrogen and oxygen atoms in total. The Hall–Kier alpha value is -2.45. The summed E-state index contributed by atoms with van der Waals surface area (Å²) < 4.78 is 40.0. The van der Waals surface area contributed by atoms with Crippen molar-refractivity contribution in [2.45, 2.75) is 43.9 Å². The van der Waals surface area contributed by atoms with Gasteiger partial charge in [0.05, 0.1) is 11.1 Å². The van der Waals surface area contributed by atoms with Crippen molar-refractivity contribution in [3.05, 3.63) is 58.0 Å². The highest BCUT2D eigenvalue weighted by Gasteiger charge is 2.34. The smallest absolute Gasteiger partial charge is 0.382 e. The number of aromatic amines is 1. The zero-order valence-electron chi connectivity index (χ0n) is 16.2. The van der Waals surface area contributed by atoms with Gasteiger partial charge in [-0.25, -0.2) is 4.98 Å². The fraction of sp³-hybridized carbons (Fsp3) is 0.333. The van der Waals surface area contributed by atoms with E-state index < -0.39 is 11.9 Å². The van der Waals surface area contributed by atoms with Crippen molar-refractivity contribution in [3.8, 4) is 0 Å². The van der Waals surface area contributed by atoms with Gasteiger partial charge in [-0.15, -0.1) is 0 Å². The van der Waals surface area contributed by atoms with Crippen LogP contribution < -0.4 is 10.6 Å².